The van der Waals surface area contributed by atoms with Crippen LogP contribution in [-0.4, -0.2) is 17.1 Å². The van der Waals surface area contributed by atoms with E-state index in [1.165, 1.54) is 16.9 Å². The number of anilines is 1. The van der Waals surface area contributed by atoms with Crippen molar-refractivity contribution >= 4 is 32.7 Å². The molecule has 1 aromatic carbocycles. The summed E-state index contributed by atoms with van der Waals surface area (Å²) >= 11 is 1.50. The lowest BCUT2D eigenvalue weighted by molar-refractivity contribution is 0.250. The Bertz CT molecular complexity index is 562. The van der Waals surface area contributed by atoms with Crippen LogP contribution in [0.2, 0.25) is 0 Å². The Labute approximate surface area is 110 Å². The molecule has 0 fully saturated rings. The maximum atomic E-state index is 11.6. The average Bonchev–Trinajstić information content (AvgIpc) is 2.68. The molecule has 2 rings (SSSR count). The first-order valence-electron chi connectivity index (χ1n) is 6.05. The van der Waals surface area contributed by atoms with Crippen molar-refractivity contribution in [3.05, 3.63) is 23.8 Å². The first-order chi connectivity index (χ1) is 8.58. The zero-order valence-corrected chi connectivity index (χ0v) is 11.6. The molecule has 2 N–H and O–H groups in total. The van der Waals surface area contributed by atoms with E-state index in [2.05, 4.69) is 34.7 Å². The van der Waals surface area contributed by atoms with Gasteiger partial charge in [0.1, 0.15) is 0 Å². The highest BCUT2D eigenvalue weighted by atomic mass is 32.1. The SMILES string of the molecule is CCc1ccc2nc(NC(=O)NC(C)C)sc2c1. The molecule has 1 aromatic heterocycles. The third-order valence-electron chi connectivity index (χ3n) is 2.50. The molecule has 0 bridgehead atoms. The van der Waals surface area contributed by atoms with Gasteiger partial charge in [0.15, 0.2) is 5.13 Å². The molecule has 0 spiro atoms. The van der Waals surface area contributed by atoms with E-state index in [1.807, 2.05) is 19.9 Å². The van der Waals surface area contributed by atoms with Crippen molar-refractivity contribution in [2.45, 2.75) is 33.2 Å². The fraction of sp³-hybridized carbons (Fsp3) is 0.385. The molecule has 0 radical (unpaired) electrons. The summed E-state index contributed by atoms with van der Waals surface area (Å²) in [5, 5.41) is 6.17. The van der Waals surface area contributed by atoms with E-state index in [0.29, 0.717) is 5.13 Å². The van der Waals surface area contributed by atoms with Crippen molar-refractivity contribution in [2.75, 3.05) is 5.32 Å². The predicted molar refractivity (Wildman–Crippen MR) is 76.3 cm³/mol. The van der Waals surface area contributed by atoms with Gasteiger partial charge in [-0.25, -0.2) is 9.78 Å². The van der Waals surface area contributed by atoms with Gasteiger partial charge in [0, 0.05) is 6.04 Å². The van der Waals surface area contributed by atoms with Crippen LogP contribution in [-0.2, 0) is 6.42 Å². The Morgan fingerprint density at radius 1 is 1.44 bits per heavy atom. The van der Waals surface area contributed by atoms with Crippen LogP contribution in [0.1, 0.15) is 26.3 Å². The van der Waals surface area contributed by atoms with E-state index in [9.17, 15) is 4.79 Å². The molecule has 96 valence electrons. The summed E-state index contributed by atoms with van der Waals surface area (Å²) in [4.78, 5) is 15.9. The Morgan fingerprint density at radius 3 is 2.89 bits per heavy atom. The van der Waals surface area contributed by atoms with E-state index in [4.69, 9.17) is 0 Å². The molecule has 0 atom stereocenters. The van der Waals surface area contributed by atoms with Crippen LogP contribution in [0.4, 0.5) is 9.93 Å². The Hall–Kier alpha value is -1.62. The summed E-state index contributed by atoms with van der Waals surface area (Å²) in [7, 11) is 0. The van der Waals surface area contributed by atoms with E-state index in [1.54, 1.807) is 0 Å². The quantitative estimate of drug-likeness (QED) is 0.891. The van der Waals surface area contributed by atoms with Crippen molar-refractivity contribution in [1.29, 1.82) is 0 Å². The Kier molecular flexibility index (Phi) is 3.81. The second-order valence-corrected chi connectivity index (χ2v) is 5.46. The van der Waals surface area contributed by atoms with Gasteiger partial charge in [-0.1, -0.05) is 24.3 Å². The van der Waals surface area contributed by atoms with Crippen LogP contribution in [0.3, 0.4) is 0 Å². The number of fused-ring (bicyclic) bond motifs is 1. The molecular formula is C13H17N3OS. The van der Waals surface area contributed by atoms with Gasteiger partial charge in [0.05, 0.1) is 10.2 Å². The first-order valence-corrected chi connectivity index (χ1v) is 6.87. The van der Waals surface area contributed by atoms with Gasteiger partial charge in [-0.05, 0) is 38.0 Å². The van der Waals surface area contributed by atoms with Crippen molar-refractivity contribution < 1.29 is 4.79 Å². The normalized spacial score (nSPS) is 10.9. The van der Waals surface area contributed by atoms with Crippen LogP contribution < -0.4 is 10.6 Å². The van der Waals surface area contributed by atoms with E-state index in [-0.39, 0.29) is 12.1 Å². The van der Waals surface area contributed by atoms with Gasteiger partial charge in [0.25, 0.3) is 0 Å². The summed E-state index contributed by atoms with van der Waals surface area (Å²) in [5.74, 6) is 0. The molecule has 1 heterocycles. The van der Waals surface area contributed by atoms with Crippen LogP contribution >= 0.6 is 11.3 Å². The van der Waals surface area contributed by atoms with Gasteiger partial charge in [-0.3, -0.25) is 5.32 Å². The third kappa shape index (κ3) is 2.98. The number of rotatable bonds is 3. The van der Waals surface area contributed by atoms with Gasteiger partial charge in [-0.15, -0.1) is 0 Å². The number of carbonyl (C=O) groups excluding carboxylic acids is 1. The minimum absolute atomic E-state index is 0.117. The second kappa shape index (κ2) is 5.35. The fourth-order valence-electron chi connectivity index (χ4n) is 1.64. The zero-order valence-electron chi connectivity index (χ0n) is 10.8. The molecule has 0 saturated heterocycles. The first kappa shape index (κ1) is 12.8. The maximum Gasteiger partial charge on any atom is 0.321 e. The lowest BCUT2D eigenvalue weighted by Gasteiger charge is -2.07. The van der Waals surface area contributed by atoms with Crippen LogP contribution in [0.25, 0.3) is 10.2 Å². The highest BCUT2D eigenvalue weighted by molar-refractivity contribution is 7.22. The number of nitrogens with zero attached hydrogens (tertiary/aromatic N) is 1. The van der Waals surface area contributed by atoms with Crippen LogP contribution in [0, 0.1) is 0 Å². The molecule has 0 aliphatic heterocycles. The van der Waals surface area contributed by atoms with Crippen molar-refractivity contribution in [3.8, 4) is 0 Å². The summed E-state index contributed by atoms with van der Waals surface area (Å²) in [6, 6.07) is 6.10. The molecule has 4 nitrogen and oxygen atoms in total. The smallest absolute Gasteiger partial charge is 0.321 e. The van der Waals surface area contributed by atoms with Crippen molar-refractivity contribution in [1.82, 2.24) is 10.3 Å². The second-order valence-electron chi connectivity index (χ2n) is 4.43. The van der Waals surface area contributed by atoms with Gasteiger partial charge in [0.2, 0.25) is 0 Å². The molecule has 0 unspecified atom stereocenters. The molecular weight excluding hydrogens is 246 g/mol. The number of benzene rings is 1. The highest BCUT2D eigenvalue weighted by Gasteiger charge is 2.08. The predicted octanol–water partition coefficient (Wildman–Crippen LogP) is 3.39. The summed E-state index contributed by atoms with van der Waals surface area (Å²) < 4.78 is 1.11. The van der Waals surface area contributed by atoms with Crippen molar-refractivity contribution in [3.63, 3.8) is 0 Å². The minimum Gasteiger partial charge on any atom is -0.336 e. The molecule has 0 aliphatic rings. The zero-order chi connectivity index (χ0) is 13.1. The monoisotopic (exact) mass is 263 g/mol. The number of hydrogen-bond acceptors (Lipinski definition) is 3. The number of thiazole rings is 1. The molecule has 18 heavy (non-hydrogen) atoms. The van der Waals surface area contributed by atoms with Gasteiger partial charge < -0.3 is 5.32 Å². The molecule has 2 amide bonds. The third-order valence-corrected chi connectivity index (χ3v) is 3.43. The number of amides is 2. The topological polar surface area (TPSA) is 54.0 Å². The molecule has 2 aromatic rings. The number of nitrogens with one attached hydrogen (secondary N) is 2. The average molecular weight is 263 g/mol. The number of carbonyl (C=O) groups is 1. The van der Waals surface area contributed by atoms with Gasteiger partial charge in [-0.2, -0.15) is 0 Å². The number of urea groups is 1. The highest BCUT2D eigenvalue weighted by Crippen LogP contribution is 2.26. The largest absolute Gasteiger partial charge is 0.336 e. The number of aryl methyl sites for hydroxylation is 1. The molecule has 0 saturated carbocycles. The van der Waals surface area contributed by atoms with Crippen LogP contribution in [0.15, 0.2) is 18.2 Å². The lowest BCUT2D eigenvalue weighted by atomic mass is 10.2. The van der Waals surface area contributed by atoms with Crippen molar-refractivity contribution in [2.24, 2.45) is 0 Å². The Morgan fingerprint density at radius 2 is 2.22 bits per heavy atom. The molecule has 0 aliphatic carbocycles. The minimum atomic E-state index is -0.209. The standard InChI is InChI=1S/C13H17N3OS/c1-4-9-5-6-10-11(7-9)18-13(15-10)16-12(17)14-8(2)3/h5-8H,4H2,1-3H3,(H2,14,15,16,17). The fourth-order valence-corrected chi connectivity index (χ4v) is 2.56. The summed E-state index contributed by atoms with van der Waals surface area (Å²) in [6.07, 6.45) is 1.00. The van der Waals surface area contributed by atoms with Crippen LogP contribution in [0.5, 0.6) is 0 Å². The van der Waals surface area contributed by atoms with E-state index in [0.717, 1.165) is 16.6 Å². The van der Waals surface area contributed by atoms with Gasteiger partial charge >= 0.3 is 6.03 Å². The lowest BCUT2D eigenvalue weighted by Crippen LogP contribution is -2.34. The summed E-state index contributed by atoms with van der Waals surface area (Å²) in [6.45, 7) is 5.97. The van der Waals surface area contributed by atoms with E-state index >= 15 is 0 Å². The number of hydrogen-bond donors (Lipinski definition) is 2. The number of aromatic nitrogens is 1. The maximum absolute atomic E-state index is 11.6. The summed E-state index contributed by atoms with van der Waals surface area (Å²) in [5.41, 5.74) is 2.21. The molecule has 5 heteroatoms. The van der Waals surface area contributed by atoms with E-state index < -0.39 is 0 Å². The Balaban J connectivity index is 2.17.